The van der Waals surface area contributed by atoms with E-state index in [2.05, 4.69) is 20.3 Å². The lowest BCUT2D eigenvalue weighted by molar-refractivity contribution is 0.787. The van der Waals surface area contributed by atoms with E-state index in [0.29, 0.717) is 11.6 Å². The number of rotatable bonds is 1. The molecule has 6 nitrogen and oxygen atoms in total. The summed E-state index contributed by atoms with van der Waals surface area (Å²) in [5.41, 5.74) is 7.67. The molecule has 3 aromatic rings. The van der Waals surface area contributed by atoms with Gasteiger partial charge in [0.1, 0.15) is 5.52 Å². The maximum atomic E-state index is 5.57. The monoisotopic (exact) mass is 212 g/mol. The van der Waals surface area contributed by atoms with Gasteiger partial charge >= 0.3 is 0 Å². The zero-order valence-electron chi connectivity index (χ0n) is 8.28. The molecule has 0 spiro atoms. The van der Waals surface area contributed by atoms with Crippen LogP contribution >= 0.6 is 0 Å². The van der Waals surface area contributed by atoms with Gasteiger partial charge in [-0.2, -0.15) is 5.10 Å². The van der Waals surface area contributed by atoms with Crippen molar-refractivity contribution in [2.75, 3.05) is 5.73 Å². The van der Waals surface area contributed by atoms with Gasteiger partial charge in [-0.25, -0.2) is 9.67 Å². The Morgan fingerprint density at radius 3 is 2.62 bits per heavy atom. The molecular formula is C10H8N6. The standard InChI is InChI=1S/C10H8N6/c11-7-5-12-16(6-7)10-13-8-3-1-2-4-9(8)14-15-10/h1-6H,11H2. The minimum absolute atomic E-state index is 0.412. The third-order valence-electron chi connectivity index (χ3n) is 2.16. The average Bonchev–Trinajstić information content (AvgIpc) is 2.75. The second-order valence-electron chi connectivity index (χ2n) is 3.32. The topological polar surface area (TPSA) is 82.5 Å². The maximum Gasteiger partial charge on any atom is 0.270 e. The molecule has 2 aromatic heterocycles. The average molecular weight is 212 g/mol. The fourth-order valence-corrected chi connectivity index (χ4v) is 1.42. The van der Waals surface area contributed by atoms with Crippen molar-refractivity contribution in [2.45, 2.75) is 0 Å². The second kappa shape index (κ2) is 3.27. The van der Waals surface area contributed by atoms with Crippen molar-refractivity contribution in [3.05, 3.63) is 36.7 Å². The largest absolute Gasteiger partial charge is 0.396 e. The fourth-order valence-electron chi connectivity index (χ4n) is 1.42. The van der Waals surface area contributed by atoms with Crippen molar-refractivity contribution in [3.8, 4) is 5.95 Å². The molecule has 78 valence electrons. The van der Waals surface area contributed by atoms with Crippen molar-refractivity contribution in [1.82, 2.24) is 25.0 Å². The van der Waals surface area contributed by atoms with E-state index >= 15 is 0 Å². The highest BCUT2D eigenvalue weighted by molar-refractivity contribution is 5.73. The number of hydrogen-bond acceptors (Lipinski definition) is 5. The Morgan fingerprint density at radius 1 is 1.06 bits per heavy atom. The SMILES string of the molecule is Nc1cnn(-c2nnc3ccccc3n2)c1. The molecule has 0 aliphatic heterocycles. The molecule has 1 aromatic carbocycles. The van der Waals surface area contributed by atoms with E-state index in [1.807, 2.05) is 24.3 Å². The Kier molecular flexibility index (Phi) is 1.79. The number of nitrogen functional groups attached to an aromatic ring is 1. The molecule has 0 amide bonds. The first-order chi connectivity index (χ1) is 7.83. The fraction of sp³-hybridized carbons (Fsp3) is 0. The molecule has 0 saturated heterocycles. The van der Waals surface area contributed by atoms with E-state index in [-0.39, 0.29) is 0 Å². The zero-order chi connectivity index (χ0) is 11.0. The molecule has 0 unspecified atom stereocenters. The van der Waals surface area contributed by atoms with Crippen LogP contribution in [0.5, 0.6) is 0 Å². The van der Waals surface area contributed by atoms with Gasteiger partial charge in [0.15, 0.2) is 0 Å². The van der Waals surface area contributed by atoms with Gasteiger partial charge in [-0.3, -0.25) is 0 Å². The lowest BCUT2D eigenvalue weighted by atomic mass is 10.3. The van der Waals surface area contributed by atoms with E-state index < -0.39 is 0 Å². The summed E-state index contributed by atoms with van der Waals surface area (Å²) < 4.78 is 1.49. The predicted molar refractivity (Wildman–Crippen MR) is 58.9 cm³/mol. The number of hydrogen-bond donors (Lipinski definition) is 1. The highest BCUT2D eigenvalue weighted by atomic mass is 15.4. The molecule has 2 heterocycles. The Bertz CT molecular complexity index is 644. The van der Waals surface area contributed by atoms with Crippen molar-refractivity contribution in [1.29, 1.82) is 0 Å². The molecule has 6 heteroatoms. The number of anilines is 1. The number of para-hydroxylation sites is 1. The minimum Gasteiger partial charge on any atom is -0.396 e. The summed E-state index contributed by atoms with van der Waals surface area (Å²) >= 11 is 0. The molecule has 16 heavy (non-hydrogen) atoms. The summed E-state index contributed by atoms with van der Waals surface area (Å²) in [4.78, 5) is 4.33. The van der Waals surface area contributed by atoms with Crippen LogP contribution in [0, 0.1) is 0 Å². The second-order valence-corrected chi connectivity index (χ2v) is 3.32. The van der Waals surface area contributed by atoms with Gasteiger partial charge in [0.05, 0.1) is 23.6 Å². The third-order valence-corrected chi connectivity index (χ3v) is 2.16. The maximum absolute atomic E-state index is 5.57. The van der Waals surface area contributed by atoms with Gasteiger partial charge in [-0.05, 0) is 12.1 Å². The van der Waals surface area contributed by atoms with Gasteiger partial charge in [-0.1, -0.05) is 12.1 Å². The quantitative estimate of drug-likeness (QED) is 0.644. The first-order valence-electron chi connectivity index (χ1n) is 4.73. The molecule has 0 aliphatic carbocycles. The molecular weight excluding hydrogens is 204 g/mol. The van der Waals surface area contributed by atoms with E-state index in [9.17, 15) is 0 Å². The molecule has 0 fully saturated rings. The van der Waals surface area contributed by atoms with Crippen LogP contribution in [0.3, 0.4) is 0 Å². The predicted octanol–water partition coefficient (Wildman–Crippen LogP) is 0.793. The number of aromatic nitrogens is 5. The summed E-state index contributed by atoms with van der Waals surface area (Å²) in [5.74, 6) is 0.412. The number of nitrogens with zero attached hydrogens (tertiary/aromatic N) is 5. The first-order valence-corrected chi connectivity index (χ1v) is 4.73. The van der Waals surface area contributed by atoms with Gasteiger partial charge in [0, 0.05) is 0 Å². The summed E-state index contributed by atoms with van der Waals surface area (Å²) in [5, 5.41) is 12.0. The Hall–Kier alpha value is -2.50. The molecule has 0 saturated carbocycles. The number of nitrogens with two attached hydrogens (primary N) is 1. The van der Waals surface area contributed by atoms with Gasteiger partial charge in [0.2, 0.25) is 0 Å². The van der Waals surface area contributed by atoms with Gasteiger partial charge < -0.3 is 5.73 Å². The van der Waals surface area contributed by atoms with Crippen LogP contribution in [-0.4, -0.2) is 25.0 Å². The van der Waals surface area contributed by atoms with Crippen LogP contribution in [0.4, 0.5) is 5.69 Å². The van der Waals surface area contributed by atoms with Crippen LogP contribution < -0.4 is 5.73 Å². The molecule has 3 rings (SSSR count). The third kappa shape index (κ3) is 1.36. The Morgan fingerprint density at radius 2 is 1.88 bits per heavy atom. The van der Waals surface area contributed by atoms with Crippen molar-refractivity contribution >= 4 is 16.7 Å². The van der Waals surface area contributed by atoms with Crippen molar-refractivity contribution in [2.24, 2.45) is 0 Å². The van der Waals surface area contributed by atoms with Gasteiger partial charge in [0.25, 0.3) is 5.95 Å². The highest BCUT2D eigenvalue weighted by Gasteiger charge is 2.04. The normalized spacial score (nSPS) is 10.8. The lowest BCUT2D eigenvalue weighted by Gasteiger charge is -1.99. The van der Waals surface area contributed by atoms with E-state index in [1.165, 1.54) is 4.68 Å². The molecule has 0 bridgehead atoms. The number of fused-ring (bicyclic) bond motifs is 1. The molecule has 0 aliphatic rings. The van der Waals surface area contributed by atoms with E-state index in [0.717, 1.165) is 11.0 Å². The van der Waals surface area contributed by atoms with Crippen LogP contribution in [0.2, 0.25) is 0 Å². The summed E-state index contributed by atoms with van der Waals surface area (Å²) in [6, 6.07) is 7.53. The first kappa shape index (κ1) is 8.78. The molecule has 2 N–H and O–H groups in total. The van der Waals surface area contributed by atoms with Crippen molar-refractivity contribution in [3.63, 3.8) is 0 Å². The van der Waals surface area contributed by atoms with E-state index in [4.69, 9.17) is 5.73 Å². The minimum atomic E-state index is 0.412. The Labute approximate surface area is 90.7 Å². The highest BCUT2D eigenvalue weighted by Crippen LogP contribution is 2.09. The molecule has 0 atom stereocenters. The summed E-state index contributed by atoms with van der Waals surface area (Å²) in [6.07, 6.45) is 3.18. The smallest absolute Gasteiger partial charge is 0.270 e. The van der Waals surface area contributed by atoms with Crippen molar-refractivity contribution < 1.29 is 0 Å². The Balaban J connectivity index is 2.18. The van der Waals surface area contributed by atoms with Gasteiger partial charge in [-0.15, -0.1) is 10.2 Å². The molecule has 0 radical (unpaired) electrons. The summed E-state index contributed by atoms with van der Waals surface area (Å²) in [6.45, 7) is 0. The van der Waals surface area contributed by atoms with Crippen LogP contribution in [0.25, 0.3) is 17.0 Å². The lowest BCUT2D eigenvalue weighted by Crippen LogP contribution is -2.03. The van der Waals surface area contributed by atoms with Crippen LogP contribution in [0.1, 0.15) is 0 Å². The van der Waals surface area contributed by atoms with Crippen LogP contribution in [0.15, 0.2) is 36.7 Å². The summed E-state index contributed by atoms with van der Waals surface area (Å²) in [7, 11) is 0. The van der Waals surface area contributed by atoms with E-state index in [1.54, 1.807) is 12.4 Å². The van der Waals surface area contributed by atoms with Crippen LogP contribution in [-0.2, 0) is 0 Å². The number of benzene rings is 1. The zero-order valence-corrected chi connectivity index (χ0v) is 8.28.